The van der Waals surface area contributed by atoms with Crippen LogP contribution in [0.4, 0.5) is 5.69 Å². The van der Waals surface area contributed by atoms with Gasteiger partial charge in [-0.1, -0.05) is 18.2 Å². The Hall–Kier alpha value is -1.97. The zero-order valence-corrected chi connectivity index (χ0v) is 8.10. The third-order valence-corrected chi connectivity index (χ3v) is 1.90. The highest BCUT2D eigenvalue weighted by atomic mass is 16.6. The minimum absolute atomic E-state index is 0.213. The third-order valence-electron chi connectivity index (χ3n) is 1.90. The monoisotopic (exact) mass is 205 g/mol. The maximum absolute atomic E-state index is 11.6. The molecule has 0 unspecified atom stereocenters. The van der Waals surface area contributed by atoms with E-state index in [9.17, 15) is 4.79 Å². The number of anilines is 1. The van der Waals surface area contributed by atoms with Crippen LogP contribution in [0.5, 0.6) is 0 Å². The van der Waals surface area contributed by atoms with Gasteiger partial charge in [0.1, 0.15) is 19.5 Å². The van der Waals surface area contributed by atoms with E-state index in [2.05, 4.69) is 5.32 Å². The molecule has 0 atom stereocenters. The van der Waals surface area contributed by atoms with Gasteiger partial charge in [0.05, 0.1) is 0 Å². The molecule has 0 radical (unpaired) electrons. The molecule has 15 heavy (non-hydrogen) atoms. The molecule has 0 aromatic heterocycles. The molecule has 2 rings (SSSR count). The quantitative estimate of drug-likeness (QED) is 0.796. The van der Waals surface area contributed by atoms with Crippen molar-refractivity contribution in [1.29, 1.82) is 0 Å². The Bertz CT molecular complexity index is 373. The molecule has 78 valence electrons. The molecule has 1 heterocycles. The summed E-state index contributed by atoms with van der Waals surface area (Å²) in [7, 11) is 0. The molecule has 4 nitrogen and oxygen atoms in total. The van der Waals surface area contributed by atoms with Gasteiger partial charge in [0.25, 0.3) is 5.91 Å². The van der Waals surface area contributed by atoms with E-state index in [1.165, 1.54) is 6.26 Å². The normalized spacial score (nSPS) is 14.5. The molecule has 0 fully saturated rings. The van der Waals surface area contributed by atoms with Crippen LogP contribution in [0.2, 0.25) is 0 Å². The Morgan fingerprint density at radius 1 is 1.20 bits per heavy atom. The molecule has 0 bridgehead atoms. The van der Waals surface area contributed by atoms with Crippen LogP contribution in [0, 0.1) is 0 Å². The molecule has 1 aliphatic heterocycles. The van der Waals surface area contributed by atoms with Crippen molar-refractivity contribution in [3.05, 3.63) is 42.4 Å². The van der Waals surface area contributed by atoms with E-state index in [1.54, 1.807) is 0 Å². The molecule has 0 spiro atoms. The largest absolute Gasteiger partial charge is 0.494 e. The summed E-state index contributed by atoms with van der Waals surface area (Å²) in [5.74, 6) is -0.0778. The number of carbonyl (C=O) groups is 1. The molecule has 0 aliphatic carbocycles. The number of rotatable bonds is 2. The van der Waals surface area contributed by atoms with Crippen LogP contribution in [0.1, 0.15) is 0 Å². The predicted molar refractivity (Wildman–Crippen MR) is 55.1 cm³/mol. The van der Waals surface area contributed by atoms with Gasteiger partial charge in [-0.3, -0.25) is 4.79 Å². The number of ether oxygens (including phenoxy) is 2. The highest BCUT2D eigenvalue weighted by molar-refractivity contribution is 6.02. The van der Waals surface area contributed by atoms with Crippen LogP contribution < -0.4 is 5.32 Å². The van der Waals surface area contributed by atoms with E-state index in [-0.39, 0.29) is 11.7 Å². The van der Waals surface area contributed by atoms with Crippen molar-refractivity contribution >= 4 is 11.6 Å². The molecular weight excluding hydrogens is 194 g/mol. The Morgan fingerprint density at radius 3 is 2.67 bits per heavy atom. The van der Waals surface area contributed by atoms with E-state index in [4.69, 9.17) is 9.47 Å². The number of para-hydroxylation sites is 1. The average molecular weight is 205 g/mol. The van der Waals surface area contributed by atoms with Gasteiger partial charge >= 0.3 is 0 Å². The predicted octanol–water partition coefficient (Wildman–Crippen LogP) is 1.51. The molecule has 1 aromatic rings. The number of amides is 1. The van der Waals surface area contributed by atoms with Crippen molar-refractivity contribution in [2.45, 2.75) is 0 Å². The zero-order chi connectivity index (χ0) is 10.5. The first-order valence-electron chi connectivity index (χ1n) is 4.67. The SMILES string of the molecule is O=C(Nc1ccccc1)C1=COCCO1. The van der Waals surface area contributed by atoms with Crippen LogP contribution in [0.15, 0.2) is 42.4 Å². The van der Waals surface area contributed by atoms with Crippen molar-refractivity contribution < 1.29 is 14.3 Å². The van der Waals surface area contributed by atoms with E-state index < -0.39 is 0 Å². The molecule has 1 aromatic carbocycles. The second-order valence-corrected chi connectivity index (χ2v) is 3.02. The fourth-order valence-electron chi connectivity index (χ4n) is 1.20. The van der Waals surface area contributed by atoms with Crippen LogP contribution in [-0.2, 0) is 14.3 Å². The Labute approximate surface area is 87.5 Å². The Balaban J connectivity index is 2.00. The molecule has 1 amide bonds. The summed E-state index contributed by atoms with van der Waals surface area (Å²) in [5, 5.41) is 2.70. The van der Waals surface area contributed by atoms with Gasteiger partial charge in [-0.05, 0) is 12.1 Å². The number of benzene rings is 1. The lowest BCUT2D eigenvalue weighted by atomic mass is 10.3. The maximum Gasteiger partial charge on any atom is 0.294 e. The third kappa shape index (κ3) is 2.49. The Morgan fingerprint density at radius 2 is 2.00 bits per heavy atom. The lowest BCUT2D eigenvalue weighted by Crippen LogP contribution is -2.20. The van der Waals surface area contributed by atoms with E-state index in [1.807, 2.05) is 30.3 Å². The smallest absolute Gasteiger partial charge is 0.294 e. The fraction of sp³-hybridized carbons (Fsp3) is 0.182. The lowest BCUT2D eigenvalue weighted by molar-refractivity contribution is -0.117. The summed E-state index contributed by atoms with van der Waals surface area (Å²) in [4.78, 5) is 11.6. The number of nitrogens with one attached hydrogen (secondary N) is 1. The summed E-state index contributed by atoms with van der Waals surface area (Å²) < 4.78 is 10.1. The van der Waals surface area contributed by atoms with Crippen molar-refractivity contribution in [3.8, 4) is 0 Å². The molecule has 1 aliphatic rings. The summed E-state index contributed by atoms with van der Waals surface area (Å²) in [6.45, 7) is 0.899. The van der Waals surface area contributed by atoms with Crippen molar-refractivity contribution in [3.63, 3.8) is 0 Å². The van der Waals surface area contributed by atoms with Crippen LogP contribution >= 0.6 is 0 Å². The standard InChI is InChI=1S/C11H11NO3/c13-11(10-8-14-6-7-15-10)12-9-4-2-1-3-5-9/h1-5,8H,6-7H2,(H,12,13). The highest BCUT2D eigenvalue weighted by Crippen LogP contribution is 2.10. The first-order chi connectivity index (χ1) is 7.36. The van der Waals surface area contributed by atoms with Crippen molar-refractivity contribution in [1.82, 2.24) is 0 Å². The topological polar surface area (TPSA) is 47.6 Å². The number of hydrogen-bond donors (Lipinski definition) is 1. The molecule has 0 saturated heterocycles. The van der Waals surface area contributed by atoms with Crippen LogP contribution in [0.3, 0.4) is 0 Å². The van der Waals surface area contributed by atoms with Gasteiger partial charge in [0, 0.05) is 5.69 Å². The summed E-state index contributed by atoms with van der Waals surface area (Å²) >= 11 is 0. The van der Waals surface area contributed by atoms with Gasteiger partial charge in [0.15, 0.2) is 0 Å². The minimum Gasteiger partial charge on any atom is -0.494 e. The molecule has 4 heteroatoms. The highest BCUT2D eigenvalue weighted by Gasteiger charge is 2.14. The minimum atomic E-state index is -0.291. The number of carbonyl (C=O) groups excluding carboxylic acids is 1. The van der Waals surface area contributed by atoms with Gasteiger partial charge in [-0.15, -0.1) is 0 Å². The van der Waals surface area contributed by atoms with Gasteiger partial charge in [0.2, 0.25) is 5.76 Å². The van der Waals surface area contributed by atoms with E-state index in [0.29, 0.717) is 13.2 Å². The van der Waals surface area contributed by atoms with Crippen LogP contribution in [0.25, 0.3) is 0 Å². The molecule has 0 saturated carbocycles. The van der Waals surface area contributed by atoms with E-state index >= 15 is 0 Å². The van der Waals surface area contributed by atoms with Crippen LogP contribution in [-0.4, -0.2) is 19.1 Å². The fourth-order valence-corrected chi connectivity index (χ4v) is 1.20. The summed E-state index contributed by atoms with van der Waals surface area (Å²) in [5.41, 5.74) is 0.734. The van der Waals surface area contributed by atoms with E-state index in [0.717, 1.165) is 5.69 Å². The van der Waals surface area contributed by atoms with Crippen molar-refractivity contribution in [2.75, 3.05) is 18.5 Å². The second kappa shape index (κ2) is 4.50. The maximum atomic E-state index is 11.6. The lowest BCUT2D eigenvalue weighted by Gasteiger charge is -2.14. The van der Waals surface area contributed by atoms with Gasteiger partial charge < -0.3 is 14.8 Å². The first-order valence-corrected chi connectivity index (χ1v) is 4.67. The average Bonchev–Trinajstić information content (AvgIpc) is 2.31. The molecule has 1 N–H and O–H groups in total. The summed E-state index contributed by atoms with van der Waals surface area (Å²) in [6, 6.07) is 9.20. The Kier molecular flexibility index (Phi) is 2.88. The first kappa shape index (κ1) is 9.58. The number of hydrogen-bond acceptors (Lipinski definition) is 3. The van der Waals surface area contributed by atoms with Crippen molar-refractivity contribution in [2.24, 2.45) is 0 Å². The molecular formula is C11H11NO3. The summed E-state index contributed by atoms with van der Waals surface area (Å²) in [6.07, 6.45) is 1.34. The van der Waals surface area contributed by atoms with Gasteiger partial charge in [-0.25, -0.2) is 0 Å². The zero-order valence-electron chi connectivity index (χ0n) is 8.10. The second-order valence-electron chi connectivity index (χ2n) is 3.02. The van der Waals surface area contributed by atoms with Gasteiger partial charge in [-0.2, -0.15) is 0 Å².